The summed E-state index contributed by atoms with van der Waals surface area (Å²) in [4.78, 5) is 37.9. The maximum Gasteiger partial charge on any atom is 0.339 e. The number of imide groups is 1. The van der Waals surface area contributed by atoms with Gasteiger partial charge in [0.25, 0.3) is 11.1 Å². The van der Waals surface area contributed by atoms with E-state index in [1.54, 1.807) is 18.2 Å². The molecule has 3 amide bonds. The van der Waals surface area contributed by atoms with Crippen LogP contribution >= 0.6 is 11.8 Å². The topological polar surface area (TPSA) is 119 Å². The van der Waals surface area contributed by atoms with Gasteiger partial charge < -0.3 is 14.2 Å². The lowest BCUT2D eigenvalue weighted by Gasteiger charge is -2.14. The first-order valence-corrected chi connectivity index (χ1v) is 14.1. The van der Waals surface area contributed by atoms with E-state index < -0.39 is 21.3 Å². The summed E-state index contributed by atoms with van der Waals surface area (Å²) in [6.45, 7) is 5.41. The second-order valence-corrected chi connectivity index (χ2v) is 11.3. The molecule has 11 heteroatoms. The number of carbonyl (C=O) groups is 3. The van der Waals surface area contributed by atoms with Gasteiger partial charge >= 0.3 is 10.1 Å². The molecule has 3 aromatic rings. The van der Waals surface area contributed by atoms with Gasteiger partial charge in [-0.15, -0.1) is 0 Å². The van der Waals surface area contributed by atoms with E-state index in [2.05, 4.69) is 5.32 Å². The van der Waals surface area contributed by atoms with Crippen LogP contribution in [0.1, 0.15) is 23.6 Å². The normalized spacial score (nSPS) is 14.5. The number of nitrogens with zero attached hydrogens (tertiary/aromatic N) is 1. The maximum absolute atomic E-state index is 13.0. The molecule has 3 aromatic carbocycles. The number of anilines is 1. The summed E-state index contributed by atoms with van der Waals surface area (Å²) in [5, 5.41) is 2.12. The zero-order valence-corrected chi connectivity index (χ0v) is 23.1. The molecule has 0 aliphatic carbocycles. The molecule has 1 aliphatic heterocycles. The highest BCUT2D eigenvalue weighted by Gasteiger charge is 2.35. The van der Waals surface area contributed by atoms with Crippen molar-refractivity contribution in [3.05, 3.63) is 88.3 Å². The Morgan fingerprint density at radius 1 is 1.00 bits per heavy atom. The highest BCUT2D eigenvalue weighted by atomic mass is 32.2. The van der Waals surface area contributed by atoms with Crippen molar-refractivity contribution in [1.29, 1.82) is 0 Å². The van der Waals surface area contributed by atoms with Gasteiger partial charge in [0.2, 0.25) is 5.91 Å². The fourth-order valence-electron chi connectivity index (χ4n) is 3.69. The molecule has 1 aliphatic rings. The van der Waals surface area contributed by atoms with Gasteiger partial charge in [0.05, 0.1) is 11.4 Å². The lowest BCUT2D eigenvalue weighted by molar-refractivity contribution is -0.123. The molecule has 0 atom stereocenters. The number of para-hydroxylation sites is 1. The van der Waals surface area contributed by atoms with Crippen molar-refractivity contribution in [3.63, 3.8) is 0 Å². The number of benzene rings is 3. The first-order valence-electron chi connectivity index (χ1n) is 11.9. The third kappa shape index (κ3) is 6.87. The molecule has 1 heterocycles. The summed E-state index contributed by atoms with van der Waals surface area (Å²) >= 11 is 0.761. The number of nitrogens with one attached hydrogen (secondary N) is 1. The molecule has 1 saturated heterocycles. The van der Waals surface area contributed by atoms with Crippen LogP contribution in [0.25, 0.3) is 6.08 Å². The van der Waals surface area contributed by atoms with E-state index in [9.17, 15) is 22.8 Å². The Morgan fingerprint density at radius 2 is 1.72 bits per heavy atom. The fourth-order valence-corrected chi connectivity index (χ4v) is 5.50. The molecule has 0 bridgehead atoms. The van der Waals surface area contributed by atoms with E-state index in [1.165, 1.54) is 43.3 Å². The SMILES string of the molecule is CC(=O)Nc1ccc(S(=O)(=O)Oc2ccccc2/C=C2\SC(=O)N(CCOc3cc(C)ccc3C)C2=O)cc1. The molecule has 9 nitrogen and oxygen atoms in total. The summed E-state index contributed by atoms with van der Waals surface area (Å²) in [7, 11) is -4.22. The van der Waals surface area contributed by atoms with Gasteiger partial charge in [-0.1, -0.05) is 30.3 Å². The Morgan fingerprint density at radius 3 is 2.44 bits per heavy atom. The lowest BCUT2D eigenvalue weighted by Crippen LogP contribution is -2.32. The fraction of sp³-hybridized carbons (Fsp3) is 0.179. The number of aryl methyl sites for hydroxylation is 2. The third-order valence-electron chi connectivity index (χ3n) is 5.66. The Balaban J connectivity index is 1.47. The predicted octanol–water partition coefficient (Wildman–Crippen LogP) is 5.14. The van der Waals surface area contributed by atoms with Gasteiger partial charge in [-0.25, -0.2) is 0 Å². The minimum absolute atomic E-state index is 0.00603. The maximum atomic E-state index is 13.0. The standard InChI is InChI=1S/C28H26N2O7S2/c1-18-8-9-19(2)25(16-18)36-15-14-30-27(32)26(38-28(30)33)17-21-6-4-5-7-24(21)37-39(34,35)23-12-10-22(11-13-23)29-20(3)31/h4-13,16-17H,14-15H2,1-3H3,(H,29,31)/b26-17-. The minimum atomic E-state index is -4.22. The smallest absolute Gasteiger partial charge is 0.339 e. The Bertz CT molecular complexity index is 1560. The first kappa shape index (κ1) is 27.9. The average Bonchev–Trinajstić information content (AvgIpc) is 3.14. The van der Waals surface area contributed by atoms with Gasteiger partial charge in [-0.3, -0.25) is 19.3 Å². The van der Waals surface area contributed by atoms with Crippen LogP contribution in [0.15, 0.2) is 76.5 Å². The van der Waals surface area contributed by atoms with Crippen LogP contribution in [0.5, 0.6) is 11.5 Å². The van der Waals surface area contributed by atoms with Crippen molar-refractivity contribution in [3.8, 4) is 11.5 Å². The molecule has 39 heavy (non-hydrogen) atoms. The quantitative estimate of drug-likeness (QED) is 0.279. The number of hydrogen-bond donors (Lipinski definition) is 1. The number of amides is 3. The number of carbonyl (C=O) groups excluding carboxylic acids is 3. The molecule has 0 unspecified atom stereocenters. The monoisotopic (exact) mass is 566 g/mol. The molecule has 1 fully saturated rings. The van der Waals surface area contributed by atoms with Crippen LogP contribution in [-0.4, -0.2) is 43.5 Å². The Labute approximate surface area is 230 Å². The average molecular weight is 567 g/mol. The molecule has 1 N–H and O–H groups in total. The van der Waals surface area contributed by atoms with Crippen LogP contribution in [0.2, 0.25) is 0 Å². The van der Waals surface area contributed by atoms with Crippen LogP contribution in [0.4, 0.5) is 10.5 Å². The van der Waals surface area contributed by atoms with Crippen LogP contribution in [-0.2, 0) is 19.7 Å². The lowest BCUT2D eigenvalue weighted by atomic mass is 10.1. The van der Waals surface area contributed by atoms with Gasteiger partial charge in [0.15, 0.2) is 0 Å². The third-order valence-corrected chi connectivity index (χ3v) is 7.81. The van der Waals surface area contributed by atoms with E-state index in [4.69, 9.17) is 8.92 Å². The second-order valence-electron chi connectivity index (χ2n) is 8.73. The van der Waals surface area contributed by atoms with Crippen molar-refractivity contribution in [2.75, 3.05) is 18.5 Å². The van der Waals surface area contributed by atoms with Crippen molar-refractivity contribution < 1.29 is 31.7 Å². The predicted molar refractivity (Wildman–Crippen MR) is 149 cm³/mol. The molecule has 0 saturated carbocycles. The van der Waals surface area contributed by atoms with Crippen molar-refractivity contribution >= 4 is 50.7 Å². The van der Waals surface area contributed by atoms with Gasteiger partial charge in [0.1, 0.15) is 23.0 Å². The zero-order valence-electron chi connectivity index (χ0n) is 21.5. The molecule has 202 valence electrons. The van der Waals surface area contributed by atoms with E-state index in [0.29, 0.717) is 17.0 Å². The molecule has 0 radical (unpaired) electrons. The van der Waals surface area contributed by atoms with Gasteiger partial charge in [-0.05, 0) is 79.2 Å². The Hall–Kier alpha value is -4.09. The highest BCUT2D eigenvalue weighted by molar-refractivity contribution is 8.18. The summed E-state index contributed by atoms with van der Waals surface area (Å²) < 4.78 is 37.0. The Kier molecular flexibility index (Phi) is 8.41. The number of rotatable bonds is 9. The highest BCUT2D eigenvalue weighted by Crippen LogP contribution is 2.34. The zero-order chi connectivity index (χ0) is 28.2. The number of ether oxygens (including phenoxy) is 1. The summed E-state index contributed by atoms with van der Waals surface area (Å²) in [6.07, 6.45) is 1.43. The summed E-state index contributed by atoms with van der Waals surface area (Å²) in [6, 6.07) is 17.6. The van der Waals surface area contributed by atoms with E-state index in [-0.39, 0.29) is 34.6 Å². The van der Waals surface area contributed by atoms with Crippen LogP contribution < -0.4 is 14.2 Å². The van der Waals surface area contributed by atoms with Gasteiger partial charge in [-0.2, -0.15) is 8.42 Å². The minimum Gasteiger partial charge on any atom is -0.491 e. The number of hydrogen-bond acceptors (Lipinski definition) is 8. The van der Waals surface area contributed by atoms with E-state index in [0.717, 1.165) is 27.8 Å². The molecule has 4 rings (SSSR count). The van der Waals surface area contributed by atoms with E-state index >= 15 is 0 Å². The van der Waals surface area contributed by atoms with Crippen LogP contribution in [0.3, 0.4) is 0 Å². The summed E-state index contributed by atoms with van der Waals surface area (Å²) in [5.41, 5.74) is 2.74. The molecule has 0 aromatic heterocycles. The molecular weight excluding hydrogens is 540 g/mol. The van der Waals surface area contributed by atoms with Crippen molar-refractivity contribution in [1.82, 2.24) is 4.90 Å². The van der Waals surface area contributed by atoms with E-state index in [1.807, 2.05) is 32.0 Å². The van der Waals surface area contributed by atoms with Crippen molar-refractivity contribution in [2.24, 2.45) is 0 Å². The number of thioether (sulfide) groups is 1. The summed E-state index contributed by atoms with van der Waals surface area (Å²) in [5.74, 6) is -0.0991. The van der Waals surface area contributed by atoms with Gasteiger partial charge in [0, 0.05) is 18.2 Å². The largest absolute Gasteiger partial charge is 0.491 e. The molecular formula is C28H26N2O7S2. The molecule has 0 spiro atoms. The second kappa shape index (κ2) is 11.7. The first-order chi connectivity index (χ1) is 18.5. The van der Waals surface area contributed by atoms with Crippen LogP contribution in [0, 0.1) is 13.8 Å². The van der Waals surface area contributed by atoms with Crippen molar-refractivity contribution in [2.45, 2.75) is 25.7 Å².